The van der Waals surface area contributed by atoms with E-state index in [1.54, 1.807) is 0 Å². The van der Waals surface area contributed by atoms with Crippen molar-refractivity contribution in [1.29, 1.82) is 0 Å². The first-order valence-corrected chi connectivity index (χ1v) is 4.08. The van der Waals surface area contributed by atoms with Gasteiger partial charge in [-0.3, -0.25) is 0 Å². The van der Waals surface area contributed by atoms with E-state index in [9.17, 15) is 9.59 Å². The van der Waals surface area contributed by atoms with Gasteiger partial charge >= 0.3 is 11.9 Å². The predicted octanol–water partition coefficient (Wildman–Crippen LogP) is 1.83. The number of fused-ring (bicyclic) bond motifs is 1. The van der Waals surface area contributed by atoms with Gasteiger partial charge in [-0.2, -0.15) is 0 Å². The van der Waals surface area contributed by atoms with Crippen molar-refractivity contribution in [2.75, 3.05) is 0 Å². The lowest BCUT2D eigenvalue weighted by Crippen LogP contribution is -1.97. The summed E-state index contributed by atoms with van der Waals surface area (Å²) >= 11 is 0. The van der Waals surface area contributed by atoms with Crippen LogP contribution in [0.2, 0.25) is 0 Å². The fourth-order valence-electron chi connectivity index (χ4n) is 1.42. The summed E-state index contributed by atoms with van der Waals surface area (Å²) in [5.41, 5.74) is 0.0313. The SMILES string of the molecule is O=C(O)c1cccc2c(C(=O)O)occ12. The highest BCUT2D eigenvalue weighted by Crippen LogP contribution is 2.24. The van der Waals surface area contributed by atoms with Crippen molar-refractivity contribution in [3.8, 4) is 0 Å². The number of carboxylic acids is 2. The van der Waals surface area contributed by atoms with Gasteiger partial charge in [0.05, 0.1) is 5.56 Å². The van der Waals surface area contributed by atoms with Gasteiger partial charge in [-0.05, 0) is 6.07 Å². The lowest BCUT2D eigenvalue weighted by atomic mass is 10.1. The zero-order valence-electron chi connectivity index (χ0n) is 7.43. The molecule has 0 radical (unpaired) electrons. The molecule has 2 aromatic rings. The summed E-state index contributed by atoms with van der Waals surface area (Å²) in [6, 6.07) is 4.38. The Labute approximate surface area is 83.5 Å². The maximum absolute atomic E-state index is 10.8. The van der Waals surface area contributed by atoms with Crippen LogP contribution >= 0.6 is 0 Å². The minimum absolute atomic E-state index is 0.0313. The molecule has 0 saturated carbocycles. The van der Waals surface area contributed by atoms with E-state index < -0.39 is 11.9 Å². The van der Waals surface area contributed by atoms with Gasteiger partial charge in [0.25, 0.3) is 0 Å². The van der Waals surface area contributed by atoms with Crippen LogP contribution in [0.1, 0.15) is 20.9 Å². The van der Waals surface area contributed by atoms with Gasteiger partial charge < -0.3 is 14.6 Å². The molecule has 0 unspecified atom stereocenters. The summed E-state index contributed by atoms with van der Waals surface area (Å²) in [4.78, 5) is 21.5. The summed E-state index contributed by atoms with van der Waals surface area (Å²) in [5, 5.41) is 18.2. The van der Waals surface area contributed by atoms with Gasteiger partial charge in [-0.1, -0.05) is 12.1 Å². The molecule has 0 aliphatic heterocycles. The Kier molecular flexibility index (Phi) is 1.93. The predicted molar refractivity (Wildman–Crippen MR) is 50.1 cm³/mol. The Hall–Kier alpha value is -2.30. The molecule has 1 heterocycles. The Morgan fingerprint density at radius 2 is 1.80 bits per heavy atom. The average molecular weight is 206 g/mol. The first-order valence-electron chi connectivity index (χ1n) is 4.08. The molecule has 5 nitrogen and oxygen atoms in total. The Bertz CT molecular complexity index is 552. The zero-order valence-corrected chi connectivity index (χ0v) is 7.43. The molecule has 0 aliphatic carbocycles. The van der Waals surface area contributed by atoms with Gasteiger partial charge in [0.1, 0.15) is 6.26 Å². The molecular formula is C10H6O5. The summed E-state index contributed by atoms with van der Waals surface area (Å²) in [5.74, 6) is -2.57. The molecule has 2 rings (SSSR count). The first-order chi connectivity index (χ1) is 7.11. The monoisotopic (exact) mass is 206 g/mol. The van der Waals surface area contributed by atoms with Gasteiger partial charge in [0, 0.05) is 10.8 Å². The number of carbonyl (C=O) groups is 2. The molecule has 5 heteroatoms. The van der Waals surface area contributed by atoms with Crippen LogP contribution in [0.25, 0.3) is 10.8 Å². The van der Waals surface area contributed by atoms with E-state index in [0.29, 0.717) is 10.8 Å². The number of furan rings is 1. The number of rotatable bonds is 2. The normalized spacial score (nSPS) is 10.4. The summed E-state index contributed by atoms with van der Waals surface area (Å²) in [6.07, 6.45) is 1.14. The van der Waals surface area contributed by atoms with E-state index in [4.69, 9.17) is 14.6 Å². The molecule has 0 aliphatic rings. The smallest absolute Gasteiger partial charge is 0.372 e. The van der Waals surface area contributed by atoms with Crippen molar-refractivity contribution in [2.45, 2.75) is 0 Å². The first kappa shape index (κ1) is 9.26. The maximum atomic E-state index is 10.8. The molecule has 0 fully saturated rings. The fourth-order valence-corrected chi connectivity index (χ4v) is 1.42. The number of aromatic carboxylic acids is 2. The van der Waals surface area contributed by atoms with E-state index in [-0.39, 0.29) is 11.3 Å². The van der Waals surface area contributed by atoms with E-state index in [2.05, 4.69) is 0 Å². The largest absolute Gasteiger partial charge is 0.478 e. The van der Waals surface area contributed by atoms with Gasteiger partial charge in [0.2, 0.25) is 5.76 Å². The summed E-state index contributed by atoms with van der Waals surface area (Å²) in [6.45, 7) is 0. The molecule has 1 aromatic heterocycles. The van der Waals surface area contributed by atoms with Crippen molar-refractivity contribution in [3.05, 3.63) is 35.8 Å². The minimum atomic E-state index is -1.22. The molecular weight excluding hydrogens is 200 g/mol. The lowest BCUT2D eigenvalue weighted by molar-refractivity contribution is 0.0662. The minimum Gasteiger partial charge on any atom is -0.478 e. The van der Waals surface area contributed by atoms with Crippen LogP contribution in [0.4, 0.5) is 0 Å². The van der Waals surface area contributed by atoms with Gasteiger partial charge in [-0.25, -0.2) is 9.59 Å². The highest BCUT2D eigenvalue weighted by molar-refractivity contribution is 6.09. The van der Waals surface area contributed by atoms with Gasteiger partial charge in [-0.15, -0.1) is 0 Å². The van der Waals surface area contributed by atoms with E-state index in [1.807, 2.05) is 0 Å². The second-order valence-corrected chi connectivity index (χ2v) is 2.94. The van der Waals surface area contributed by atoms with Crippen LogP contribution < -0.4 is 0 Å². The maximum Gasteiger partial charge on any atom is 0.372 e. The molecule has 76 valence electrons. The Balaban J connectivity index is 2.80. The molecule has 1 aromatic carbocycles. The molecule has 0 saturated heterocycles. The fraction of sp³-hybridized carbons (Fsp3) is 0. The van der Waals surface area contributed by atoms with Crippen molar-refractivity contribution in [2.24, 2.45) is 0 Å². The van der Waals surface area contributed by atoms with Crippen molar-refractivity contribution in [3.63, 3.8) is 0 Å². The van der Waals surface area contributed by atoms with Crippen LogP contribution in [-0.4, -0.2) is 22.2 Å². The summed E-state index contributed by atoms with van der Waals surface area (Å²) < 4.78 is 4.80. The van der Waals surface area contributed by atoms with Crippen molar-refractivity contribution in [1.82, 2.24) is 0 Å². The molecule has 0 amide bonds. The van der Waals surface area contributed by atoms with Crippen LogP contribution in [0.15, 0.2) is 28.9 Å². The molecule has 0 bridgehead atoms. The second-order valence-electron chi connectivity index (χ2n) is 2.94. The second kappa shape index (κ2) is 3.13. The topological polar surface area (TPSA) is 87.7 Å². The highest BCUT2D eigenvalue weighted by atomic mass is 16.4. The molecule has 2 N–H and O–H groups in total. The third-order valence-corrected chi connectivity index (χ3v) is 2.07. The number of hydrogen-bond acceptors (Lipinski definition) is 3. The van der Waals surface area contributed by atoms with Crippen LogP contribution in [0.5, 0.6) is 0 Å². The molecule has 0 atom stereocenters. The van der Waals surface area contributed by atoms with Crippen LogP contribution in [0, 0.1) is 0 Å². The van der Waals surface area contributed by atoms with Crippen LogP contribution in [0.3, 0.4) is 0 Å². The van der Waals surface area contributed by atoms with Crippen molar-refractivity contribution >= 4 is 22.7 Å². The number of benzene rings is 1. The summed E-state index contributed by atoms with van der Waals surface area (Å²) in [7, 11) is 0. The third-order valence-electron chi connectivity index (χ3n) is 2.07. The van der Waals surface area contributed by atoms with Gasteiger partial charge in [0.15, 0.2) is 0 Å². The van der Waals surface area contributed by atoms with Crippen molar-refractivity contribution < 1.29 is 24.2 Å². The van der Waals surface area contributed by atoms with E-state index in [0.717, 1.165) is 6.26 Å². The average Bonchev–Trinajstić information content (AvgIpc) is 2.59. The standard InChI is InChI=1S/C10H6O5/c11-9(12)6-3-1-2-5-7(6)4-15-8(5)10(13)14/h1-4H,(H,11,12)(H,13,14). The Morgan fingerprint density at radius 1 is 1.07 bits per heavy atom. The van der Waals surface area contributed by atoms with Crippen LogP contribution in [-0.2, 0) is 0 Å². The molecule has 15 heavy (non-hydrogen) atoms. The Morgan fingerprint density at radius 3 is 2.40 bits per heavy atom. The molecule has 0 spiro atoms. The lowest BCUT2D eigenvalue weighted by Gasteiger charge is -1.95. The number of hydrogen-bond donors (Lipinski definition) is 2. The van der Waals surface area contributed by atoms with E-state index in [1.165, 1.54) is 18.2 Å². The zero-order chi connectivity index (χ0) is 11.0. The highest BCUT2D eigenvalue weighted by Gasteiger charge is 2.17. The quantitative estimate of drug-likeness (QED) is 0.782. The van der Waals surface area contributed by atoms with E-state index >= 15 is 0 Å². The number of carboxylic acid groups (broad SMARTS) is 2. The third kappa shape index (κ3) is 1.34.